The van der Waals surface area contributed by atoms with Crippen LogP contribution in [0.15, 0.2) is 18.2 Å². The molecule has 0 aliphatic rings. The largest absolute Gasteiger partial charge is 0.389 e. The molecule has 0 aromatic heterocycles. The van der Waals surface area contributed by atoms with E-state index >= 15 is 0 Å². The van der Waals surface area contributed by atoms with Crippen LogP contribution in [0.1, 0.15) is 12.5 Å². The van der Waals surface area contributed by atoms with Crippen LogP contribution in [0.4, 0.5) is 5.69 Å². The number of hydrogen-bond acceptors (Lipinski definition) is 3. The first-order valence-electron chi connectivity index (χ1n) is 5.40. The van der Waals surface area contributed by atoms with Crippen LogP contribution in [0, 0.1) is 0 Å². The molecular formula is C12H18ClN3S. The summed E-state index contributed by atoms with van der Waals surface area (Å²) in [5, 5.41) is 4.04. The van der Waals surface area contributed by atoms with Crippen molar-refractivity contribution in [1.29, 1.82) is 0 Å². The Morgan fingerprint density at radius 2 is 2.18 bits per heavy atom. The second-order valence-corrected chi connectivity index (χ2v) is 5.24. The molecule has 0 aliphatic heterocycles. The minimum absolute atomic E-state index is 0.288. The van der Waals surface area contributed by atoms with Crippen molar-refractivity contribution in [2.75, 3.05) is 26.0 Å². The minimum atomic E-state index is 0.288. The molecule has 3 nitrogen and oxygen atoms in total. The summed E-state index contributed by atoms with van der Waals surface area (Å²) in [5.74, 6) is 0. The van der Waals surface area contributed by atoms with Crippen LogP contribution in [-0.2, 0) is 0 Å². The first kappa shape index (κ1) is 14.2. The van der Waals surface area contributed by atoms with E-state index in [9.17, 15) is 0 Å². The van der Waals surface area contributed by atoms with E-state index in [-0.39, 0.29) is 6.04 Å². The van der Waals surface area contributed by atoms with Crippen LogP contribution in [0.25, 0.3) is 0 Å². The highest BCUT2D eigenvalue weighted by molar-refractivity contribution is 7.80. The molecule has 1 aromatic carbocycles. The standard InChI is InChI=1S/C12H18ClN3S/c1-8(7-16(2)3)15-11-6-9(13)4-5-10(11)12(14)17/h4-6,8,15H,7H2,1-3H3,(H2,14,17). The summed E-state index contributed by atoms with van der Waals surface area (Å²) in [4.78, 5) is 2.49. The Morgan fingerprint density at radius 1 is 1.53 bits per heavy atom. The SMILES string of the molecule is CC(CN(C)C)Nc1cc(Cl)ccc1C(N)=S. The van der Waals surface area contributed by atoms with Crippen LogP contribution >= 0.6 is 23.8 Å². The maximum absolute atomic E-state index is 5.98. The summed E-state index contributed by atoms with van der Waals surface area (Å²) in [6, 6.07) is 5.77. The molecule has 1 atom stereocenters. The lowest BCUT2D eigenvalue weighted by Gasteiger charge is -2.21. The molecule has 0 bridgehead atoms. The van der Waals surface area contributed by atoms with Gasteiger partial charge >= 0.3 is 0 Å². The summed E-state index contributed by atoms with van der Waals surface area (Å²) < 4.78 is 0. The highest BCUT2D eigenvalue weighted by Gasteiger charge is 2.09. The number of halogens is 1. The van der Waals surface area contributed by atoms with Gasteiger partial charge in [-0.1, -0.05) is 23.8 Å². The summed E-state index contributed by atoms with van der Waals surface area (Å²) in [7, 11) is 4.06. The number of hydrogen-bond donors (Lipinski definition) is 2. The Bertz CT molecular complexity index is 407. The van der Waals surface area contributed by atoms with Crippen LogP contribution in [0.5, 0.6) is 0 Å². The molecular weight excluding hydrogens is 254 g/mol. The number of benzene rings is 1. The van der Waals surface area contributed by atoms with Gasteiger partial charge in [-0.15, -0.1) is 0 Å². The summed E-state index contributed by atoms with van der Waals surface area (Å²) in [6.45, 7) is 3.02. The normalized spacial score (nSPS) is 12.5. The topological polar surface area (TPSA) is 41.3 Å². The fourth-order valence-electron chi connectivity index (χ4n) is 1.71. The smallest absolute Gasteiger partial charge is 0.106 e. The van der Waals surface area contributed by atoms with E-state index in [1.165, 1.54) is 0 Å². The molecule has 1 rings (SSSR count). The summed E-state index contributed by atoms with van der Waals surface area (Å²) >= 11 is 11.0. The summed E-state index contributed by atoms with van der Waals surface area (Å²) in [6.07, 6.45) is 0. The van der Waals surface area contributed by atoms with E-state index in [1.54, 1.807) is 6.07 Å². The third-order valence-corrected chi connectivity index (χ3v) is 2.74. The van der Waals surface area contributed by atoms with Gasteiger partial charge in [0.25, 0.3) is 0 Å². The van der Waals surface area contributed by atoms with Crippen LogP contribution < -0.4 is 11.1 Å². The lowest BCUT2D eigenvalue weighted by molar-refractivity contribution is 0.392. The predicted octanol–water partition coefficient (Wildman–Crippen LogP) is 2.34. The quantitative estimate of drug-likeness (QED) is 0.807. The Labute approximate surface area is 113 Å². The Morgan fingerprint density at radius 3 is 2.71 bits per heavy atom. The molecule has 1 unspecified atom stereocenters. The number of rotatable bonds is 5. The zero-order valence-electron chi connectivity index (χ0n) is 10.3. The molecule has 3 N–H and O–H groups in total. The van der Waals surface area contributed by atoms with Gasteiger partial charge in [-0.05, 0) is 39.2 Å². The third kappa shape index (κ3) is 4.50. The van der Waals surface area contributed by atoms with Crippen LogP contribution in [0.2, 0.25) is 5.02 Å². The molecule has 1 aromatic rings. The van der Waals surface area contributed by atoms with E-state index in [2.05, 4.69) is 17.1 Å². The molecule has 0 fully saturated rings. The molecule has 94 valence electrons. The molecule has 0 amide bonds. The van der Waals surface area contributed by atoms with Gasteiger partial charge in [-0.3, -0.25) is 0 Å². The number of nitrogens with one attached hydrogen (secondary N) is 1. The fraction of sp³-hybridized carbons (Fsp3) is 0.417. The number of thiocarbonyl (C=S) groups is 1. The highest BCUT2D eigenvalue weighted by atomic mass is 35.5. The van der Waals surface area contributed by atoms with Crippen molar-refractivity contribution in [1.82, 2.24) is 4.90 Å². The van der Waals surface area contributed by atoms with E-state index in [1.807, 2.05) is 26.2 Å². The van der Waals surface area contributed by atoms with Crippen molar-refractivity contribution in [3.05, 3.63) is 28.8 Å². The molecule has 0 saturated heterocycles. The number of likely N-dealkylation sites (N-methyl/N-ethyl adjacent to an activating group) is 1. The van der Waals surface area contributed by atoms with Gasteiger partial charge < -0.3 is 16.0 Å². The van der Waals surface area contributed by atoms with Gasteiger partial charge in [0.15, 0.2) is 0 Å². The van der Waals surface area contributed by atoms with Gasteiger partial charge in [-0.2, -0.15) is 0 Å². The first-order chi connectivity index (χ1) is 7.90. The average Bonchev–Trinajstić information content (AvgIpc) is 2.15. The van der Waals surface area contributed by atoms with Gasteiger partial charge in [-0.25, -0.2) is 0 Å². The molecule has 0 saturated carbocycles. The highest BCUT2D eigenvalue weighted by Crippen LogP contribution is 2.21. The Balaban J connectivity index is 2.88. The number of nitrogens with zero attached hydrogens (tertiary/aromatic N) is 1. The van der Waals surface area contributed by atoms with E-state index < -0.39 is 0 Å². The van der Waals surface area contributed by atoms with Gasteiger partial charge in [0.1, 0.15) is 4.99 Å². The average molecular weight is 272 g/mol. The first-order valence-corrected chi connectivity index (χ1v) is 6.19. The number of anilines is 1. The second kappa shape index (κ2) is 6.19. The molecule has 0 aliphatic carbocycles. The zero-order chi connectivity index (χ0) is 13.0. The number of nitrogens with two attached hydrogens (primary N) is 1. The lowest BCUT2D eigenvalue weighted by atomic mass is 10.1. The van der Waals surface area contributed by atoms with Crippen molar-refractivity contribution < 1.29 is 0 Å². The van der Waals surface area contributed by atoms with Gasteiger partial charge in [0.2, 0.25) is 0 Å². The van der Waals surface area contributed by atoms with Crippen molar-refractivity contribution in [2.24, 2.45) is 5.73 Å². The van der Waals surface area contributed by atoms with Crippen molar-refractivity contribution in [2.45, 2.75) is 13.0 Å². The molecule has 17 heavy (non-hydrogen) atoms. The van der Waals surface area contributed by atoms with Crippen molar-refractivity contribution >= 4 is 34.5 Å². The molecule has 0 spiro atoms. The second-order valence-electron chi connectivity index (χ2n) is 4.36. The summed E-state index contributed by atoms with van der Waals surface area (Å²) in [5.41, 5.74) is 7.40. The minimum Gasteiger partial charge on any atom is -0.389 e. The Hall–Kier alpha value is -0.840. The van der Waals surface area contributed by atoms with Gasteiger partial charge in [0, 0.05) is 28.9 Å². The van der Waals surface area contributed by atoms with Crippen molar-refractivity contribution in [3.63, 3.8) is 0 Å². The zero-order valence-corrected chi connectivity index (χ0v) is 11.9. The molecule has 0 radical (unpaired) electrons. The predicted molar refractivity (Wildman–Crippen MR) is 79.0 cm³/mol. The Kier molecular flexibility index (Phi) is 5.18. The third-order valence-electron chi connectivity index (χ3n) is 2.29. The van der Waals surface area contributed by atoms with Gasteiger partial charge in [0.05, 0.1) is 0 Å². The van der Waals surface area contributed by atoms with Crippen molar-refractivity contribution in [3.8, 4) is 0 Å². The van der Waals surface area contributed by atoms with E-state index in [0.29, 0.717) is 10.0 Å². The maximum atomic E-state index is 5.98. The van der Waals surface area contributed by atoms with E-state index in [4.69, 9.17) is 29.6 Å². The fourth-order valence-corrected chi connectivity index (χ4v) is 2.06. The monoisotopic (exact) mass is 271 g/mol. The lowest BCUT2D eigenvalue weighted by Crippen LogP contribution is -2.30. The maximum Gasteiger partial charge on any atom is 0.106 e. The molecule has 0 heterocycles. The van der Waals surface area contributed by atoms with Crippen LogP contribution in [-0.4, -0.2) is 36.6 Å². The molecule has 5 heteroatoms. The van der Waals surface area contributed by atoms with E-state index in [0.717, 1.165) is 17.8 Å². The van der Waals surface area contributed by atoms with Crippen LogP contribution in [0.3, 0.4) is 0 Å².